The molecule has 0 aromatic carbocycles. The highest BCUT2D eigenvalue weighted by Gasteiger charge is 2.12. The first kappa shape index (κ1) is 7.73. The van der Waals surface area contributed by atoms with E-state index in [0.717, 1.165) is 37.6 Å². The molecule has 4 nitrogen and oxygen atoms in total. The van der Waals surface area contributed by atoms with Crippen LogP contribution in [0, 0.1) is 0 Å². The lowest BCUT2D eigenvalue weighted by atomic mass is 10.4. The van der Waals surface area contributed by atoms with Gasteiger partial charge < -0.3 is 9.30 Å². The van der Waals surface area contributed by atoms with Gasteiger partial charge in [-0.15, -0.1) is 10.2 Å². The second kappa shape index (κ2) is 3.23. The highest BCUT2D eigenvalue weighted by molar-refractivity contribution is 4.95. The topological polar surface area (TPSA) is 39.9 Å². The van der Waals surface area contributed by atoms with Gasteiger partial charge in [0.1, 0.15) is 12.4 Å². The molecule has 2 heterocycles. The molecule has 0 saturated heterocycles. The van der Waals surface area contributed by atoms with Crippen LogP contribution in [0.15, 0.2) is 0 Å². The van der Waals surface area contributed by atoms with Gasteiger partial charge in [0.25, 0.3) is 0 Å². The molecule has 0 amide bonds. The second-order valence-electron chi connectivity index (χ2n) is 2.94. The molecule has 0 unspecified atom stereocenters. The predicted molar refractivity (Wildman–Crippen MR) is 43.7 cm³/mol. The standard InChI is InChI=1S/C8H13N3O/c1-2-7-9-10-8-6-12-5-3-4-11(7)8/h2-6H2,1H3. The second-order valence-corrected chi connectivity index (χ2v) is 2.94. The third-order valence-electron chi connectivity index (χ3n) is 2.12. The van der Waals surface area contributed by atoms with E-state index in [1.54, 1.807) is 0 Å². The Morgan fingerprint density at radius 3 is 3.25 bits per heavy atom. The third kappa shape index (κ3) is 1.22. The van der Waals surface area contributed by atoms with Crippen LogP contribution in [0.25, 0.3) is 0 Å². The van der Waals surface area contributed by atoms with Crippen LogP contribution in [0.2, 0.25) is 0 Å². The average Bonchev–Trinajstić information content (AvgIpc) is 2.33. The SMILES string of the molecule is CCc1nnc2n1CCCOC2. The maximum absolute atomic E-state index is 5.36. The fourth-order valence-electron chi connectivity index (χ4n) is 1.49. The van der Waals surface area contributed by atoms with Crippen molar-refractivity contribution in [1.29, 1.82) is 0 Å². The number of hydrogen-bond acceptors (Lipinski definition) is 3. The molecule has 0 fully saturated rings. The van der Waals surface area contributed by atoms with Crippen molar-refractivity contribution in [2.24, 2.45) is 0 Å². The number of hydrogen-bond donors (Lipinski definition) is 0. The molecule has 12 heavy (non-hydrogen) atoms. The molecule has 1 aromatic heterocycles. The first-order valence-corrected chi connectivity index (χ1v) is 4.40. The molecular formula is C8H13N3O. The Hall–Kier alpha value is -0.900. The van der Waals surface area contributed by atoms with E-state index in [4.69, 9.17) is 4.74 Å². The predicted octanol–water partition coefficient (Wildman–Crippen LogP) is 0.761. The first-order valence-electron chi connectivity index (χ1n) is 4.40. The highest BCUT2D eigenvalue weighted by Crippen LogP contribution is 2.09. The van der Waals surface area contributed by atoms with Gasteiger partial charge in [0.05, 0.1) is 0 Å². The van der Waals surface area contributed by atoms with Crippen molar-refractivity contribution in [1.82, 2.24) is 14.8 Å². The van der Waals surface area contributed by atoms with E-state index in [1.165, 1.54) is 0 Å². The lowest BCUT2D eigenvalue weighted by Crippen LogP contribution is -2.04. The number of fused-ring (bicyclic) bond motifs is 1. The summed E-state index contributed by atoms with van der Waals surface area (Å²) in [6, 6.07) is 0. The van der Waals surface area contributed by atoms with E-state index in [2.05, 4.69) is 21.7 Å². The van der Waals surface area contributed by atoms with Gasteiger partial charge in [-0.2, -0.15) is 0 Å². The third-order valence-corrected chi connectivity index (χ3v) is 2.12. The minimum absolute atomic E-state index is 0.618. The summed E-state index contributed by atoms with van der Waals surface area (Å²) in [5.41, 5.74) is 0. The van der Waals surface area contributed by atoms with E-state index in [0.29, 0.717) is 6.61 Å². The van der Waals surface area contributed by atoms with Gasteiger partial charge in [0.2, 0.25) is 0 Å². The summed E-state index contributed by atoms with van der Waals surface area (Å²) in [5.74, 6) is 2.06. The van der Waals surface area contributed by atoms with Crippen molar-refractivity contribution in [3.8, 4) is 0 Å². The van der Waals surface area contributed by atoms with Crippen LogP contribution in [0.1, 0.15) is 25.0 Å². The zero-order valence-electron chi connectivity index (χ0n) is 7.29. The lowest BCUT2D eigenvalue weighted by Gasteiger charge is -2.02. The summed E-state index contributed by atoms with van der Waals surface area (Å²) < 4.78 is 7.53. The number of aromatic nitrogens is 3. The number of ether oxygens (including phenoxy) is 1. The quantitative estimate of drug-likeness (QED) is 0.620. The Bertz CT molecular complexity index is 269. The fourth-order valence-corrected chi connectivity index (χ4v) is 1.49. The Balaban J connectivity index is 2.32. The molecule has 0 spiro atoms. The molecule has 2 rings (SSSR count). The minimum atomic E-state index is 0.618. The van der Waals surface area contributed by atoms with Crippen molar-refractivity contribution in [2.75, 3.05) is 6.61 Å². The normalized spacial score (nSPS) is 17.1. The molecule has 0 aliphatic carbocycles. The first-order chi connectivity index (χ1) is 5.92. The van der Waals surface area contributed by atoms with E-state index in [-0.39, 0.29) is 0 Å². The van der Waals surface area contributed by atoms with Crippen LogP contribution in [-0.2, 0) is 24.3 Å². The molecule has 0 bridgehead atoms. The van der Waals surface area contributed by atoms with Crippen molar-refractivity contribution in [3.05, 3.63) is 11.6 Å². The van der Waals surface area contributed by atoms with E-state index >= 15 is 0 Å². The monoisotopic (exact) mass is 167 g/mol. The van der Waals surface area contributed by atoms with Crippen LogP contribution in [0.5, 0.6) is 0 Å². The Labute approximate surface area is 71.6 Å². The smallest absolute Gasteiger partial charge is 0.159 e. The summed E-state index contributed by atoms with van der Waals surface area (Å²) in [6.45, 7) is 4.56. The number of rotatable bonds is 1. The molecule has 0 radical (unpaired) electrons. The van der Waals surface area contributed by atoms with Crippen LogP contribution in [0.3, 0.4) is 0 Å². The summed E-state index contributed by atoms with van der Waals surface area (Å²) >= 11 is 0. The van der Waals surface area contributed by atoms with E-state index in [9.17, 15) is 0 Å². The highest BCUT2D eigenvalue weighted by atomic mass is 16.5. The summed E-state index contributed by atoms with van der Waals surface area (Å²) in [7, 11) is 0. The number of nitrogens with zero attached hydrogens (tertiary/aromatic N) is 3. The zero-order valence-corrected chi connectivity index (χ0v) is 7.29. The van der Waals surface area contributed by atoms with E-state index < -0.39 is 0 Å². The summed E-state index contributed by atoms with van der Waals surface area (Å²) in [6.07, 6.45) is 2.02. The van der Waals surface area contributed by atoms with Gasteiger partial charge in [0, 0.05) is 19.6 Å². The van der Waals surface area contributed by atoms with Crippen LogP contribution >= 0.6 is 0 Å². The van der Waals surface area contributed by atoms with Gasteiger partial charge >= 0.3 is 0 Å². The molecule has 1 aliphatic heterocycles. The molecule has 4 heteroatoms. The largest absolute Gasteiger partial charge is 0.373 e. The van der Waals surface area contributed by atoms with Crippen molar-refractivity contribution in [3.63, 3.8) is 0 Å². The molecule has 0 saturated carbocycles. The minimum Gasteiger partial charge on any atom is -0.373 e. The van der Waals surface area contributed by atoms with Crippen LogP contribution < -0.4 is 0 Å². The molecule has 0 atom stereocenters. The number of aryl methyl sites for hydroxylation is 1. The Morgan fingerprint density at radius 2 is 2.42 bits per heavy atom. The molecule has 66 valence electrons. The fraction of sp³-hybridized carbons (Fsp3) is 0.750. The zero-order chi connectivity index (χ0) is 8.39. The van der Waals surface area contributed by atoms with Crippen LogP contribution in [0.4, 0.5) is 0 Å². The molecule has 0 N–H and O–H groups in total. The van der Waals surface area contributed by atoms with Gasteiger partial charge in [-0.1, -0.05) is 6.92 Å². The van der Waals surface area contributed by atoms with Crippen molar-refractivity contribution >= 4 is 0 Å². The maximum atomic E-state index is 5.36. The van der Waals surface area contributed by atoms with Gasteiger partial charge in [0.15, 0.2) is 5.82 Å². The maximum Gasteiger partial charge on any atom is 0.159 e. The Kier molecular flexibility index (Phi) is 2.08. The van der Waals surface area contributed by atoms with Gasteiger partial charge in [-0.05, 0) is 6.42 Å². The van der Waals surface area contributed by atoms with Crippen LogP contribution in [-0.4, -0.2) is 21.4 Å². The molecular weight excluding hydrogens is 154 g/mol. The van der Waals surface area contributed by atoms with Gasteiger partial charge in [-0.25, -0.2) is 0 Å². The van der Waals surface area contributed by atoms with Crippen molar-refractivity contribution in [2.45, 2.75) is 32.9 Å². The van der Waals surface area contributed by atoms with Crippen molar-refractivity contribution < 1.29 is 4.74 Å². The summed E-state index contributed by atoms with van der Waals surface area (Å²) in [5, 5.41) is 8.17. The lowest BCUT2D eigenvalue weighted by molar-refractivity contribution is 0.122. The van der Waals surface area contributed by atoms with Gasteiger partial charge in [-0.3, -0.25) is 0 Å². The molecule has 1 aliphatic rings. The average molecular weight is 167 g/mol. The molecule has 1 aromatic rings. The summed E-state index contributed by atoms with van der Waals surface area (Å²) in [4.78, 5) is 0. The van der Waals surface area contributed by atoms with E-state index in [1.807, 2.05) is 0 Å². The Morgan fingerprint density at radius 1 is 1.50 bits per heavy atom.